The maximum atomic E-state index is 12.9. The largest absolute Gasteiger partial charge is 0.486 e. The van der Waals surface area contributed by atoms with Crippen molar-refractivity contribution in [3.63, 3.8) is 0 Å². The highest BCUT2D eigenvalue weighted by Crippen LogP contribution is 2.38. The summed E-state index contributed by atoms with van der Waals surface area (Å²) >= 11 is 14.6. The summed E-state index contributed by atoms with van der Waals surface area (Å²) in [6.45, 7) is 0.316. The molecular weight excluding hydrogens is 632 g/mol. The highest BCUT2D eigenvalue weighted by molar-refractivity contribution is 9.11. The molecule has 0 unspecified atom stereocenters. The maximum absolute atomic E-state index is 12.9. The first-order valence-corrected chi connectivity index (χ1v) is 13.3. The smallest absolute Gasteiger partial charge is 0.337 e. The summed E-state index contributed by atoms with van der Waals surface area (Å²) in [6.07, 6.45) is 1.81. The van der Waals surface area contributed by atoms with Gasteiger partial charge in [0.05, 0.1) is 32.2 Å². The third-order valence-corrected chi connectivity index (χ3v) is 7.77. The number of amides is 1. The highest BCUT2D eigenvalue weighted by Gasteiger charge is 2.30. The summed E-state index contributed by atoms with van der Waals surface area (Å²) in [5.74, 6) is 0.0630. The van der Waals surface area contributed by atoms with Crippen molar-refractivity contribution in [1.82, 2.24) is 4.90 Å². The first-order chi connectivity index (χ1) is 17.3. The van der Waals surface area contributed by atoms with Gasteiger partial charge in [0.25, 0.3) is 5.91 Å². The van der Waals surface area contributed by atoms with Gasteiger partial charge in [0, 0.05) is 17.6 Å². The molecule has 184 valence electrons. The molecule has 0 aromatic heterocycles. The van der Waals surface area contributed by atoms with E-state index < -0.39 is 5.97 Å². The monoisotopic (exact) mass is 648 g/mol. The van der Waals surface area contributed by atoms with E-state index >= 15 is 0 Å². The van der Waals surface area contributed by atoms with Crippen molar-refractivity contribution in [3.8, 4) is 5.75 Å². The zero-order valence-electron chi connectivity index (χ0n) is 19.1. The van der Waals surface area contributed by atoms with Gasteiger partial charge in [-0.15, -0.1) is 0 Å². The minimum atomic E-state index is -0.417. The SMILES string of the molecule is COC(=O)c1ccc(N=C2S/C(=C\c3cc(Br)c(OCc4ccccc4Cl)c(Br)c3)C(=O)N2C)cc1. The molecule has 4 rings (SSSR count). The standard InChI is InChI=1S/C26H19Br2ClN2O4S/c1-31-24(32)22(36-26(31)30-18-9-7-16(8-10-18)25(33)34-2)13-15-11-19(27)23(20(28)12-15)35-14-17-5-3-4-6-21(17)29/h3-13H,14H2,1-2H3/b22-13-,30-26?. The highest BCUT2D eigenvalue weighted by atomic mass is 79.9. The maximum Gasteiger partial charge on any atom is 0.337 e. The van der Waals surface area contributed by atoms with Crippen molar-refractivity contribution in [2.24, 2.45) is 4.99 Å². The second-order valence-corrected chi connectivity index (χ2v) is 10.7. The molecule has 1 amide bonds. The van der Waals surface area contributed by atoms with Crippen molar-refractivity contribution < 1.29 is 19.1 Å². The fourth-order valence-electron chi connectivity index (χ4n) is 3.27. The summed E-state index contributed by atoms with van der Waals surface area (Å²) in [5, 5.41) is 1.18. The number of aliphatic imine (C=N–C) groups is 1. The van der Waals surface area contributed by atoms with E-state index in [0.717, 1.165) is 20.1 Å². The number of rotatable bonds is 6. The van der Waals surface area contributed by atoms with Gasteiger partial charge in [-0.25, -0.2) is 9.79 Å². The van der Waals surface area contributed by atoms with Crippen molar-refractivity contribution in [1.29, 1.82) is 0 Å². The lowest BCUT2D eigenvalue weighted by Gasteiger charge is -2.12. The van der Waals surface area contributed by atoms with Crippen LogP contribution < -0.4 is 4.74 Å². The van der Waals surface area contributed by atoms with E-state index in [1.165, 1.54) is 23.8 Å². The number of benzene rings is 3. The molecular formula is C26H19Br2ClN2O4S. The topological polar surface area (TPSA) is 68.2 Å². The summed E-state index contributed by atoms with van der Waals surface area (Å²) in [7, 11) is 3.01. The van der Waals surface area contributed by atoms with Crippen LogP contribution in [0.4, 0.5) is 5.69 Å². The van der Waals surface area contributed by atoms with E-state index in [0.29, 0.717) is 38.7 Å². The molecule has 1 saturated heterocycles. The number of amidine groups is 1. The van der Waals surface area contributed by atoms with Gasteiger partial charge in [0.15, 0.2) is 5.17 Å². The Morgan fingerprint density at radius 2 is 1.78 bits per heavy atom. The predicted octanol–water partition coefficient (Wildman–Crippen LogP) is 7.46. The number of methoxy groups -OCH3 is 1. The number of ether oxygens (including phenoxy) is 2. The average Bonchev–Trinajstić information content (AvgIpc) is 3.12. The van der Waals surface area contributed by atoms with Gasteiger partial charge in [-0.3, -0.25) is 9.69 Å². The van der Waals surface area contributed by atoms with E-state index in [2.05, 4.69) is 36.9 Å². The average molecular weight is 651 g/mol. The molecule has 0 saturated carbocycles. The Balaban J connectivity index is 1.52. The van der Waals surface area contributed by atoms with E-state index in [1.807, 2.05) is 36.4 Å². The molecule has 36 heavy (non-hydrogen) atoms. The molecule has 0 aliphatic carbocycles. The number of carbonyl (C=O) groups excluding carboxylic acids is 2. The molecule has 6 nitrogen and oxygen atoms in total. The van der Waals surface area contributed by atoms with E-state index in [9.17, 15) is 9.59 Å². The quantitative estimate of drug-likeness (QED) is 0.205. The molecule has 0 bridgehead atoms. The van der Waals surface area contributed by atoms with Crippen molar-refractivity contribution in [3.05, 3.63) is 96.2 Å². The lowest BCUT2D eigenvalue weighted by atomic mass is 10.2. The van der Waals surface area contributed by atoms with Crippen LogP contribution in [0.2, 0.25) is 5.02 Å². The molecule has 0 N–H and O–H groups in total. The molecule has 1 aliphatic rings. The van der Waals surface area contributed by atoms with Crippen LogP contribution in [0.1, 0.15) is 21.5 Å². The molecule has 3 aromatic rings. The zero-order chi connectivity index (χ0) is 25.8. The lowest BCUT2D eigenvalue weighted by Crippen LogP contribution is -2.23. The van der Waals surface area contributed by atoms with Crippen LogP contribution in [0, 0.1) is 0 Å². The third kappa shape index (κ3) is 6.03. The normalized spacial score (nSPS) is 15.6. The fraction of sp³-hybridized carbons (Fsp3) is 0.115. The predicted molar refractivity (Wildman–Crippen MR) is 151 cm³/mol. The zero-order valence-corrected chi connectivity index (χ0v) is 23.9. The van der Waals surface area contributed by atoms with Crippen LogP contribution >= 0.6 is 55.2 Å². The number of hydrogen-bond donors (Lipinski definition) is 0. The van der Waals surface area contributed by atoms with E-state index in [-0.39, 0.29) is 5.91 Å². The van der Waals surface area contributed by atoms with Crippen LogP contribution in [0.3, 0.4) is 0 Å². The van der Waals surface area contributed by atoms with Crippen molar-refractivity contribution in [2.75, 3.05) is 14.2 Å². The Morgan fingerprint density at radius 1 is 1.11 bits per heavy atom. The molecule has 1 heterocycles. The molecule has 1 fully saturated rings. The number of hydrogen-bond acceptors (Lipinski definition) is 6. The molecule has 0 atom stereocenters. The van der Waals surface area contributed by atoms with Gasteiger partial charge in [-0.05, 0) is 97.7 Å². The molecule has 1 aliphatic heterocycles. The second kappa shape index (κ2) is 11.6. The number of halogens is 3. The molecule has 3 aromatic carbocycles. The first kappa shape index (κ1) is 26.5. The van der Waals surface area contributed by atoms with Gasteiger partial charge in [-0.1, -0.05) is 29.8 Å². The first-order valence-electron chi connectivity index (χ1n) is 10.6. The number of nitrogens with zero attached hydrogens (tertiary/aromatic N) is 2. The van der Waals surface area contributed by atoms with Crippen LogP contribution in [-0.2, 0) is 16.1 Å². The second-order valence-electron chi connectivity index (χ2n) is 7.60. The van der Waals surface area contributed by atoms with Crippen LogP contribution in [-0.4, -0.2) is 36.1 Å². The summed E-state index contributed by atoms with van der Waals surface area (Å²) < 4.78 is 12.2. The fourth-order valence-corrected chi connectivity index (χ4v) is 5.90. The summed E-state index contributed by atoms with van der Waals surface area (Å²) in [6, 6.07) is 18.0. The minimum absolute atomic E-state index is 0.156. The van der Waals surface area contributed by atoms with E-state index in [1.54, 1.807) is 37.4 Å². The Hall–Kier alpha value is -2.59. The van der Waals surface area contributed by atoms with Crippen molar-refractivity contribution >= 4 is 84.0 Å². The van der Waals surface area contributed by atoms with Gasteiger partial charge in [-0.2, -0.15) is 0 Å². The lowest BCUT2D eigenvalue weighted by molar-refractivity contribution is -0.121. The summed E-state index contributed by atoms with van der Waals surface area (Å²) in [5.41, 5.74) is 2.75. The van der Waals surface area contributed by atoms with E-state index in [4.69, 9.17) is 21.1 Å². The van der Waals surface area contributed by atoms with Crippen molar-refractivity contribution in [2.45, 2.75) is 6.61 Å². The number of carbonyl (C=O) groups is 2. The molecule has 10 heteroatoms. The van der Waals surface area contributed by atoms with Crippen LogP contribution in [0.25, 0.3) is 6.08 Å². The molecule has 0 radical (unpaired) electrons. The Labute approximate surface area is 234 Å². The van der Waals surface area contributed by atoms with Gasteiger partial charge in [0.1, 0.15) is 12.4 Å². The minimum Gasteiger partial charge on any atom is -0.486 e. The van der Waals surface area contributed by atoms with Gasteiger partial charge >= 0.3 is 5.97 Å². The Bertz CT molecular complexity index is 1370. The number of esters is 1. The Kier molecular flexibility index (Phi) is 8.56. The number of thioether (sulfide) groups is 1. The Morgan fingerprint density at radius 3 is 2.42 bits per heavy atom. The summed E-state index contributed by atoms with van der Waals surface area (Å²) in [4.78, 5) is 31.1. The molecule has 0 spiro atoms. The van der Waals surface area contributed by atoms with Crippen LogP contribution in [0.15, 0.2) is 79.5 Å². The number of likely N-dealkylation sites (N-methyl/N-ethyl adjacent to an activating group) is 1. The van der Waals surface area contributed by atoms with Crippen LogP contribution in [0.5, 0.6) is 5.75 Å². The van der Waals surface area contributed by atoms with Gasteiger partial charge < -0.3 is 9.47 Å². The van der Waals surface area contributed by atoms with Gasteiger partial charge in [0.2, 0.25) is 0 Å². The third-order valence-electron chi connectivity index (χ3n) is 5.16.